The summed E-state index contributed by atoms with van der Waals surface area (Å²) in [6.45, 7) is 0.672. The molecule has 0 atom stereocenters. The standard InChI is InChI=1S/C21H16Br2O4/c22-17-5-1-14(2-6-17)12-26-19-9-16(21(24)25)10-20(11-19)27-13-15-3-7-18(23)8-4-15/h1-11H,12-13H2,(H,24,25). The number of aromatic carboxylic acids is 1. The first kappa shape index (κ1) is 19.5. The van der Waals surface area contributed by atoms with Crippen molar-refractivity contribution in [3.8, 4) is 11.5 Å². The van der Waals surface area contributed by atoms with Crippen LogP contribution in [0.3, 0.4) is 0 Å². The monoisotopic (exact) mass is 490 g/mol. The van der Waals surface area contributed by atoms with Gasteiger partial charge >= 0.3 is 5.97 Å². The van der Waals surface area contributed by atoms with Gasteiger partial charge in [-0.15, -0.1) is 0 Å². The summed E-state index contributed by atoms with van der Waals surface area (Å²) in [6, 6.07) is 20.2. The number of benzene rings is 3. The second kappa shape index (κ2) is 9.06. The highest BCUT2D eigenvalue weighted by atomic mass is 79.9. The number of rotatable bonds is 7. The number of hydrogen-bond donors (Lipinski definition) is 1. The predicted octanol–water partition coefficient (Wildman–Crippen LogP) is 6.07. The van der Waals surface area contributed by atoms with Crippen LogP contribution in [0.1, 0.15) is 21.5 Å². The van der Waals surface area contributed by atoms with Crippen LogP contribution in [-0.4, -0.2) is 11.1 Å². The van der Waals surface area contributed by atoms with Crippen LogP contribution in [0, 0.1) is 0 Å². The van der Waals surface area contributed by atoms with Gasteiger partial charge in [-0.05, 0) is 47.5 Å². The van der Waals surface area contributed by atoms with Gasteiger partial charge in [-0.25, -0.2) is 4.79 Å². The summed E-state index contributed by atoms with van der Waals surface area (Å²) in [5.74, 6) is -0.134. The highest BCUT2D eigenvalue weighted by Gasteiger charge is 2.10. The van der Waals surface area contributed by atoms with Crippen LogP contribution in [0.5, 0.6) is 11.5 Å². The second-order valence-electron chi connectivity index (χ2n) is 5.83. The largest absolute Gasteiger partial charge is 0.489 e. The number of ether oxygens (including phenoxy) is 2. The summed E-state index contributed by atoms with van der Waals surface area (Å²) in [6.07, 6.45) is 0. The lowest BCUT2D eigenvalue weighted by atomic mass is 10.2. The van der Waals surface area contributed by atoms with E-state index in [-0.39, 0.29) is 5.56 Å². The molecule has 0 aliphatic heterocycles. The van der Waals surface area contributed by atoms with Crippen LogP contribution in [0.25, 0.3) is 0 Å². The van der Waals surface area contributed by atoms with Gasteiger partial charge in [-0.1, -0.05) is 56.1 Å². The van der Waals surface area contributed by atoms with Crippen LogP contribution in [-0.2, 0) is 13.2 Å². The van der Waals surface area contributed by atoms with E-state index in [1.807, 2.05) is 48.5 Å². The average Bonchev–Trinajstić information content (AvgIpc) is 2.67. The molecule has 4 nitrogen and oxygen atoms in total. The van der Waals surface area contributed by atoms with E-state index in [1.54, 1.807) is 6.07 Å². The fourth-order valence-electron chi connectivity index (χ4n) is 2.36. The number of carboxylic acids is 1. The lowest BCUT2D eigenvalue weighted by molar-refractivity contribution is 0.0695. The van der Waals surface area contributed by atoms with Gasteiger partial charge in [0.2, 0.25) is 0 Å². The van der Waals surface area contributed by atoms with E-state index in [9.17, 15) is 9.90 Å². The van der Waals surface area contributed by atoms with Crippen LogP contribution in [0.2, 0.25) is 0 Å². The molecule has 27 heavy (non-hydrogen) atoms. The fraction of sp³-hybridized carbons (Fsp3) is 0.0952. The third-order valence-electron chi connectivity index (χ3n) is 3.76. The Bertz CT molecular complexity index is 854. The number of carbonyl (C=O) groups is 1. The molecule has 0 heterocycles. The summed E-state index contributed by atoms with van der Waals surface area (Å²) in [4.78, 5) is 11.4. The maximum absolute atomic E-state index is 11.4. The lowest BCUT2D eigenvalue weighted by Crippen LogP contribution is -2.02. The minimum Gasteiger partial charge on any atom is -0.489 e. The van der Waals surface area contributed by atoms with Gasteiger partial charge in [-0.2, -0.15) is 0 Å². The van der Waals surface area contributed by atoms with Crippen LogP contribution >= 0.6 is 31.9 Å². The van der Waals surface area contributed by atoms with Crippen molar-refractivity contribution in [3.63, 3.8) is 0 Å². The molecule has 3 aromatic carbocycles. The average molecular weight is 492 g/mol. The van der Waals surface area contributed by atoms with Gasteiger partial charge in [0.15, 0.2) is 0 Å². The zero-order valence-electron chi connectivity index (χ0n) is 14.2. The Morgan fingerprint density at radius 2 is 1.15 bits per heavy atom. The SMILES string of the molecule is O=C(O)c1cc(OCc2ccc(Br)cc2)cc(OCc2ccc(Br)cc2)c1. The molecule has 0 spiro atoms. The molecule has 3 rings (SSSR count). The van der Waals surface area contributed by atoms with E-state index >= 15 is 0 Å². The topological polar surface area (TPSA) is 55.8 Å². The Morgan fingerprint density at radius 1 is 0.741 bits per heavy atom. The number of hydrogen-bond acceptors (Lipinski definition) is 3. The van der Waals surface area contributed by atoms with E-state index < -0.39 is 5.97 Å². The van der Waals surface area contributed by atoms with Crippen LogP contribution in [0.4, 0.5) is 0 Å². The first-order valence-electron chi connectivity index (χ1n) is 8.12. The lowest BCUT2D eigenvalue weighted by Gasteiger charge is -2.11. The van der Waals surface area contributed by atoms with Crippen molar-refractivity contribution in [1.29, 1.82) is 0 Å². The van der Waals surface area contributed by atoms with Gasteiger partial charge in [0.05, 0.1) is 5.56 Å². The molecule has 0 aromatic heterocycles. The molecule has 0 aliphatic carbocycles. The van der Waals surface area contributed by atoms with Gasteiger partial charge in [0, 0.05) is 15.0 Å². The highest BCUT2D eigenvalue weighted by molar-refractivity contribution is 9.10. The zero-order valence-corrected chi connectivity index (χ0v) is 17.4. The van der Waals surface area contributed by atoms with Crippen molar-refractivity contribution in [1.82, 2.24) is 0 Å². The van der Waals surface area contributed by atoms with Crippen molar-refractivity contribution in [3.05, 3.63) is 92.4 Å². The summed E-state index contributed by atoms with van der Waals surface area (Å²) in [5, 5.41) is 9.34. The van der Waals surface area contributed by atoms with Crippen molar-refractivity contribution in [2.24, 2.45) is 0 Å². The van der Waals surface area contributed by atoms with E-state index in [0.717, 1.165) is 20.1 Å². The summed E-state index contributed by atoms with van der Waals surface area (Å²) >= 11 is 6.78. The first-order chi connectivity index (χ1) is 13.0. The van der Waals surface area contributed by atoms with Gasteiger partial charge in [0.1, 0.15) is 24.7 Å². The van der Waals surface area contributed by atoms with Crippen LogP contribution in [0.15, 0.2) is 75.7 Å². The Balaban J connectivity index is 1.72. The van der Waals surface area contributed by atoms with E-state index in [1.165, 1.54) is 12.1 Å². The first-order valence-corrected chi connectivity index (χ1v) is 9.71. The quantitative estimate of drug-likeness (QED) is 0.436. The Morgan fingerprint density at radius 3 is 1.52 bits per heavy atom. The maximum Gasteiger partial charge on any atom is 0.335 e. The molecule has 3 aromatic rings. The second-order valence-corrected chi connectivity index (χ2v) is 7.66. The molecule has 138 valence electrons. The van der Waals surface area contributed by atoms with Gasteiger partial charge < -0.3 is 14.6 Å². The third-order valence-corrected chi connectivity index (χ3v) is 4.82. The Labute approximate surface area is 174 Å². The Kier molecular flexibility index (Phi) is 6.53. The zero-order chi connectivity index (χ0) is 19.2. The minimum absolute atomic E-state index is 0.120. The van der Waals surface area contributed by atoms with Crippen LogP contribution < -0.4 is 9.47 Å². The molecule has 1 N–H and O–H groups in total. The van der Waals surface area contributed by atoms with Gasteiger partial charge in [0.25, 0.3) is 0 Å². The number of carboxylic acid groups (broad SMARTS) is 1. The smallest absolute Gasteiger partial charge is 0.335 e. The van der Waals surface area contributed by atoms with Crippen molar-refractivity contribution in [2.75, 3.05) is 0 Å². The summed E-state index contributed by atoms with van der Waals surface area (Å²) in [7, 11) is 0. The Hall–Kier alpha value is -2.31. The molecule has 0 fully saturated rings. The molecule has 6 heteroatoms. The highest BCUT2D eigenvalue weighted by Crippen LogP contribution is 2.25. The molecule has 0 bridgehead atoms. The summed E-state index contributed by atoms with van der Waals surface area (Å²) in [5.41, 5.74) is 2.08. The minimum atomic E-state index is -1.03. The maximum atomic E-state index is 11.4. The predicted molar refractivity (Wildman–Crippen MR) is 110 cm³/mol. The van der Waals surface area contributed by atoms with E-state index in [2.05, 4.69) is 31.9 Å². The summed E-state index contributed by atoms with van der Waals surface area (Å²) < 4.78 is 13.5. The van der Waals surface area contributed by atoms with Crippen molar-refractivity contribution < 1.29 is 19.4 Å². The van der Waals surface area contributed by atoms with E-state index in [4.69, 9.17) is 9.47 Å². The molecular formula is C21H16Br2O4. The molecule has 0 amide bonds. The van der Waals surface area contributed by atoms with Crippen molar-refractivity contribution >= 4 is 37.8 Å². The molecular weight excluding hydrogens is 476 g/mol. The van der Waals surface area contributed by atoms with Gasteiger partial charge in [-0.3, -0.25) is 0 Å². The molecule has 0 aliphatic rings. The third kappa shape index (κ3) is 5.84. The number of halogens is 2. The molecule has 0 saturated heterocycles. The van der Waals surface area contributed by atoms with E-state index in [0.29, 0.717) is 24.7 Å². The fourth-order valence-corrected chi connectivity index (χ4v) is 2.89. The molecule has 0 radical (unpaired) electrons. The van der Waals surface area contributed by atoms with Crippen molar-refractivity contribution in [2.45, 2.75) is 13.2 Å². The molecule has 0 saturated carbocycles. The normalized spacial score (nSPS) is 10.4. The molecule has 0 unspecified atom stereocenters.